The molecule has 0 bridgehead atoms. The van der Waals surface area contributed by atoms with Crippen LogP contribution in [-0.2, 0) is 0 Å². The molecule has 5 heteroatoms. The van der Waals surface area contributed by atoms with Gasteiger partial charge in [0.25, 0.3) is 0 Å². The molecule has 0 spiro atoms. The highest BCUT2D eigenvalue weighted by atomic mass is 35.5. The highest BCUT2D eigenvalue weighted by molar-refractivity contribution is 6.30. The average molecular weight is 297 g/mol. The molecule has 1 heterocycles. The van der Waals surface area contributed by atoms with Crippen molar-refractivity contribution in [1.29, 1.82) is 0 Å². The van der Waals surface area contributed by atoms with Crippen LogP contribution in [0.1, 0.15) is 30.6 Å². The Hall–Kier alpha value is -1.52. The quantitative estimate of drug-likeness (QED) is 0.898. The molecular weight excluding hydrogens is 282 g/mol. The molecule has 0 radical (unpaired) electrons. The smallest absolute Gasteiger partial charge is 0.131 e. The molecule has 0 aliphatic rings. The van der Waals surface area contributed by atoms with E-state index >= 15 is 0 Å². The Morgan fingerprint density at radius 2 is 2.05 bits per heavy atom. The van der Waals surface area contributed by atoms with E-state index in [9.17, 15) is 8.78 Å². The molecule has 106 valence electrons. The van der Waals surface area contributed by atoms with Gasteiger partial charge in [-0.3, -0.25) is 4.98 Å². The fourth-order valence-electron chi connectivity index (χ4n) is 1.96. The predicted octanol–water partition coefficient (Wildman–Crippen LogP) is 4.10. The molecule has 0 amide bonds. The molecule has 1 aromatic heterocycles. The van der Waals surface area contributed by atoms with E-state index in [0.29, 0.717) is 22.8 Å². The molecule has 1 aromatic carbocycles. The minimum Gasteiger partial charge on any atom is -0.305 e. The highest BCUT2D eigenvalue weighted by Gasteiger charge is 2.18. The summed E-state index contributed by atoms with van der Waals surface area (Å²) in [5.41, 5.74) is 1.02. The molecule has 0 aliphatic carbocycles. The van der Waals surface area contributed by atoms with E-state index in [1.807, 2.05) is 6.92 Å². The zero-order chi connectivity index (χ0) is 14.5. The number of aromatic nitrogens is 1. The number of nitrogens with zero attached hydrogens (tertiary/aromatic N) is 1. The Morgan fingerprint density at radius 3 is 2.65 bits per heavy atom. The molecule has 2 rings (SSSR count). The van der Waals surface area contributed by atoms with Gasteiger partial charge < -0.3 is 5.32 Å². The first-order valence-electron chi connectivity index (χ1n) is 6.41. The Kier molecular flexibility index (Phi) is 5.04. The number of pyridine rings is 1. The minimum atomic E-state index is -0.593. The van der Waals surface area contributed by atoms with Gasteiger partial charge in [0.05, 0.1) is 16.8 Å². The second-order valence-corrected chi connectivity index (χ2v) is 4.89. The molecule has 1 atom stereocenters. The topological polar surface area (TPSA) is 24.9 Å². The fraction of sp³-hybridized carbons (Fsp3) is 0.267. The molecule has 0 saturated heterocycles. The Bertz CT molecular complexity index is 573. The zero-order valence-corrected chi connectivity index (χ0v) is 11.8. The Labute approximate surface area is 121 Å². The SMILES string of the molecule is CCCNC(c1ccc(Cl)cn1)c1ccc(F)cc1F. The fourth-order valence-corrected chi connectivity index (χ4v) is 2.07. The van der Waals surface area contributed by atoms with Crippen molar-refractivity contribution in [2.75, 3.05) is 6.54 Å². The van der Waals surface area contributed by atoms with Gasteiger partial charge in [-0.25, -0.2) is 8.78 Å². The van der Waals surface area contributed by atoms with E-state index in [1.165, 1.54) is 18.3 Å². The molecule has 20 heavy (non-hydrogen) atoms. The minimum absolute atomic E-state index is 0.370. The van der Waals surface area contributed by atoms with Gasteiger partial charge in [-0.05, 0) is 31.2 Å². The van der Waals surface area contributed by atoms with Crippen LogP contribution in [0, 0.1) is 11.6 Å². The van der Waals surface area contributed by atoms with Crippen LogP contribution < -0.4 is 5.32 Å². The highest BCUT2D eigenvalue weighted by Crippen LogP contribution is 2.24. The number of nitrogens with one attached hydrogen (secondary N) is 1. The lowest BCUT2D eigenvalue weighted by molar-refractivity contribution is 0.527. The van der Waals surface area contributed by atoms with E-state index in [0.717, 1.165) is 12.5 Å². The maximum atomic E-state index is 14.0. The molecule has 2 nitrogen and oxygen atoms in total. The van der Waals surface area contributed by atoms with Gasteiger partial charge >= 0.3 is 0 Å². The molecule has 0 saturated carbocycles. The number of hydrogen-bond donors (Lipinski definition) is 1. The van der Waals surface area contributed by atoms with Crippen molar-refractivity contribution >= 4 is 11.6 Å². The van der Waals surface area contributed by atoms with Gasteiger partial charge in [0.15, 0.2) is 0 Å². The number of rotatable bonds is 5. The van der Waals surface area contributed by atoms with Crippen LogP contribution in [0.25, 0.3) is 0 Å². The summed E-state index contributed by atoms with van der Waals surface area (Å²) in [4.78, 5) is 4.22. The summed E-state index contributed by atoms with van der Waals surface area (Å²) in [7, 11) is 0. The first kappa shape index (κ1) is 14.9. The predicted molar refractivity (Wildman–Crippen MR) is 75.7 cm³/mol. The van der Waals surface area contributed by atoms with Crippen molar-refractivity contribution in [3.8, 4) is 0 Å². The molecule has 1 N–H and O–H groups in total. The van der Waals surface area contributed by atoms with Crippen LogP contribution in [0.3, 0.4) is 0 Å². The molecule has 1 unspecified atom stereocenters. The summed E-state index contributed by atoms with van der Waals surface area (Å²) in [5.74, 6) is -1.18. The molecule has 0 fully saturated rings. The molecule has 2 aromatic rings. The van der Waals surface area contributed by atoms with E-state index in [-0.39, 0.29) is 0 Å². The van der Waals surface area contributed by atoms with E-state index in [2.05, 4.69) is 10.3 Å². The lowest BCUT2D eigenvalue weighted by Gasteiger charge is -2.19. The lowest BCUT2D eigenvalue weighted by atomic mass is 10.0. The van der Waals surface area contributed by atoms with Crippen LogP contribution in [0.5, 0.6) is 0 Å². The van der Waals surface area contributed by atoms with Crippen molar-refractivity contribution in [2.24, 2.45) is 0 Å². The van der Waals surface area contributed by atoms with Gasteiger partial charge in [0.1, 0.15) is 11.6 Å². The van der Waals surface area contributed by atoms with Gasteiger partial charge in [0.2, 0.25) is 0 Å². The number of hydrogen-bond acceptors (Lipinski definition) is 2. The average Bonchev–Trinajstić information content (AvgIpc) is 2.42. The van der Waals surface area contributed by atoms with Crippen molar-refractivity contribution in [2.45, 2.75) is 19.4 Å². The first-order chi connectivity index (χ1) is 9.61. The molecule has 0 aliphatic heterocycles. The first-order valence-corrected chi connectivity index (χ1v) is 6.79. The van der Waals surface area contributed by atoms with Crippen LogP contribution >= 0.6 is 11.6 Å². The maximum absolute atomic E-state index is 14.0. The van der Waals surface area contributed by atoms with Crippen molar-refractivity contribution < 1.29 is 8.78 Å². The lowest BCUT2D eigenvalue weighted by Crippen LogP contribution is -2.25. The van der Waals surface area contributed by atoms with Gasteiger partial charge in [-0.2, -0.15) is 0 Å². The number of benzene rings is 1. The van der Waals surface area contributed by atoms with Crippen molar-refractivity contribution in [1.82, 2.24) is 10.3 Å². The third-order valence-corrected chi connectivity index (χ3v) is 3.14. The normalized spacial score (nSPS) is 12.4. The zero-order valence-electron chi connectivity index (χ0n) is 11.0. The maximum Gasteiger partial charge on any atom is 0.131 e. The third-order valence-electron chi connectivity index (χ3n) is 2.92. The van der Waals surface area contributed by atoms with Crippen molar-refractivity contribution in [3.63, 3.8) is 0 Å². The Balaban J connectivity index is 2.38. The van der Waals surface area contributed by atoms with Crippen LogP contribution in [0.2, 0.25) is 5.02 Å². The van der Waals surface area contributed by atoms with Gasteiger partial charge in [0, 0.05) is 17.8 Å². The summed E-state index contributed by atoms with van der Waals surface area (Å²) in [6, 6.07) is 6.58. The standard InChI is InChI=1S/C15H15ClF2N2/c1-2-7-19-15(14-6-3-10(16)9-20-14)12-5-4-11(17)8-13(12)18/h3-6,8-9,15,19H,2,7H2,1H3. The van der Waals surface area contributed by atoms with Crippen LogP contribution in [0.15, 0.2) is 36.5 Å². The summed E-state index contributed by atoms with van der Waals surface area (Å²) in [6.45, 7) is 2.71. The second-order valence-electron chi connectivity index (χ2n) is 4.45. The monoisotopic (exact) mass is 296 g/mol. The third kappa shape index (κ3) is 3.52. The largest absolute Gasteiger partial charge is 0.305 e. The second kappa shape index (κ2) is 6.77. The van der Waals surface area contributed by atoms with E-state index in [4.69, 9.17) is 11.6 Å². The Morgan fingerprint density at radius 1 is 1.25 bits per heavy atom. The van der Waals surface area contributed by atoms with Crippen LogP contribution in [-0.4, -0.2) is 11.5 Å². The van der Waals surface area contributed by atoms with Gasteiger partial charge in [-0.1, -0.05) is 24.6 Å². The van der Waals surface area contributed by atoms with Crippen LogP contribution in [0.4, 0.5) is 8.78 Å². The summed E-state index contributed by atoms with van der Waals surface area (Å²) in [5, 5.41) is 3.73. The summed E-state index contributed by atoms with van der Waals surface area (Å²) < 4.78 is 27.0. The van der Waals surface area contributed by atoms with E-state index in [1.54, 1.807) is 12.1 Å². The van der Waals surface area contributed by atoms with E-state index < -0.39 is 17.7 Å². The summed E-state index contributed by atoms with van der Waals surface area (Å²) >= 11 is 5.81. The van der Waals surface area contributed by atoms with Crippen molar-refractivity contribution in [3.05, 3.63) is 64.4 Å². The summed E-state index contributed by atoms with van der Waals surface area (Å²) in [6.07, 6.45) is 2.41. The van der Waals surface area contributed by atoms with Gasteiger partial charge in [-0.15, -0.1) is 0 Å². The number of halogens is 3. The molecular formula is C15H15ClF2N2.